The number of carbonyl (C=O) groups excluding carboxylic acids is 1. The monoisotopic (exact) mass is 248 g/mol. The molecule has 0 aliphatic carbocycles. The van der Waals surface area contributed by atoms with Crippen LogP contribution in [0.2, 0.25) is 0 Å². The summed E-state index contributed by atoms with van der Waals surface area (Å²) < 4.78 is 0. The van der Waals surface area contributed by atoms with E-state index in [0.29, 0.717) is 5.78 Å². The molecule has 0 spiro atoms. The number of fused-ring (bicyclic) bond motifs is 1. The van der Waals surface area contributed by atoms with Crippen molar-refractivity contribution < 1.29 is 4.79 Å². The van der Waals surface area contributed by atoms with Crippen LogP contribution >= 0.6 is 11.8 Å². The SMILES string of the molecule is CCCCCCC(=O)C1CSc2ccccc21. The number of thioether (sulfide) groups is 1. The van der Waals surface area contributed by atoms with Crippen LogP contribution < -0.4 is 0 Å². The maximum Gasteiger partial charge on any atom is 0.141 e. The minimum atomic E-state index is 0.165. The van der Waals surface area contributed by atoms with Crippen LogP contribution in [0.5, 0.6) is 0 Å². The van der Waals surface area contributed by atoms with Crippen LogP contribution in [0.15, 0.2) is 29.2 Å². The highest BCUT2D eigenvalue weighted by Crippen LogP contribution is 2.40. The number of unbranched alkanes of at least 4 members (excludes halogenated alkanes) is 3. The average Bonchev–Trinajstić information content (AvgIpc) is 2.78. The van der Waals surface area contributed by atoms with Gasteiger partial charge in [-0.15, -0.1) is 11.8 Å². The molecule has 0 amide bonds. The standard InChI is InChI=1S/C15H20OS/c1-2-3-4-5-9-14(16)13-11-17-15-10-7-6-8-12(13)15/h6-8,10,13H,2-5,9,11H2,1H3. The summed E-state index contributed by atoms with van der Waals surface area (Å²) in [5, 5.41) is 0. The van der Waals surface area contributed by atoms with Crippen LogP contribution in [0.3, 0.4) is 0 Å². The third kappa shape index (κ3) is 3.12. The normalized spacial score (nSPS) is 18.1. The Morgan fingerprint density at radius 2 is 2.12 bits per heavy atom. The van der Waals surface area contributed by atoms with Gasteiger partial charge in [0.15, 0.2) is 0 Å². The molecule has 1 aromatic rings. The van der Waals surface area contributed by atoms with Crippen LogP contribution in [0, 0.1) is 0 Å². The lowest BCUT2D eigenvalue weighted by molar-refractivity contribution is -0.120. The lowest BCUT2D eigenvalue weighted by atomic mass is 9.93. The Hall–Kier alpha value is -0.760. The van der Waals surface area contributed by atoms with Crippen molar-refractivity contribution in [1.29, 1.82) is 0 Å². The molecule has 2 rings (SSSR count). The van der Waals surface area contributed by atoms with E-state index in [-0.39, 0.29) is 5.92 Å². The minimum Gasteiger partial charge on any atom is -0.299 e. The van der Waals surface area contributed by atoms with Crippen LogP contribution in [0.4, 0.5) is 0 Å². The van der Waals surface area contributed by atoms with Gasteiger partial charge in [-0.2, -0.15) is 0 Å². The summed E-state index contributed by atoms with van der Waals surface area (Å²) in [5.74, 6) is 1.56. The van der Waals surface area contributed by atoms with E-state index in [2.05, 4.69) is 25.1 Å². The van der Waals surface area contributed by atoms with Crippen molar-refractivity contribution in [3.05, 3.63) is 29.8 Å². The van der Waals surface area contributed by atoms with Crippen LogP contribution in [0.1, 0.15) is 50.5 Å². The third-order valence-electron chi connectivity index (χ3n) is 3.37. The fourth-order valence-electron chi connectivity index (χ4n) is 2.33. The highest BCUT2D eigenvalue weighted by atomic mass is 32.2. The second-order valence-corrected chi connectivity index (χ2v) is 5.74. The molecule has 1 aliphatic rings. The molecule has 0 fully saturated rings. The smallest absolute Gasteiger partial charge is 0.141 e. The Labute approximate surface area is 108 Å². The number of Topliss-reactive ketones (excluding diaryl/α,β-unsaturated/α-hetero) is 1. The van der Waals surface area contributed by atoms with Crippen LogP contribution in [0.25, 0.3) is 0 Å². The molecule has 0 aromatic heterocycles. The Morgan fingerprint density at radius 1 is 1.29 bits per heavy atom. The highest BCUT2D eigenvalue weighted by molar-refractivity contribution is 7.99. The fraction of sp³-hybridized carbons (Fsp3) is 0.533. The molecular formula is C15H20OS. The van der Waals surface area contributed by atoms with E-state index in [1.807, 2.05) is 17.8 Å². The van der Waals surface area contributed by atoms with Gasteiger partial charge in [0, 0.05) is 17.1 Å². The van der Waals surface area contributed by atoms with Crippen molar-refractivity contribution in [3.8, 4) is 0 Å². The third-order valence-corrected chi connectivity index (χ3v) is 4.55. The average molecular weight is 248 g/mol. The van der Waals surface area contributed by atoms with Gasteiger partial charge in [0.25, 0.3) is 0 Å². The Bertz CT molecular complexity index is 386. The van der Waals surface area contributed by atoms with Gasteiger partial charge in [-0.3, -0.25) is 4.79 Å². The van der Waals surface area contributed by atoms with E-state index in [1.165, 1.54) is 29.7 Å². The summed E-state index contributed by atoms with van der Waals surface area (Å²) in [6.07, 6.45) is 5.51. The van der Waals surface area contributed by atoms with Gasteiger partial charge in [-0.25, -0.2) is 0 Å². The molecule has 0 bridgehead atoms. The zero-order chi connectivity index (χ0) is 12.1. The van der Waals surface area contributed by atoms with Gasteiger partial charge in [0.2, 0.25) is 0 Å². The van der Waals surface area contributed by atoms with E-state index in [0.717, 1.165) is 18.6 Å². The first-order valence-electron chi connectivity index (χ1n) is 6.57. The van der Waals surface area contributed by atoms with E-state index in [9.17, 15) is 4.79 Å². The zero-order valence-electron chi connectivity index (χ0n) is 10.4. The summed E-state index contributed by atoms with van der Waals surface area (Å²) in [6, 6.07) is 8.34. The van der Waals surface area contributed by atoms with Crippen molar-refractivity contribution >= 4 is 17.5 Å². The summed E-state index contributed by atoms with van der Waals surface area (Å²) in [7, 11) is 0. The number of hydrogen-bond donors (Lipinski definition) is 0. The zero-order valence-corrected chi connectivity index (χ0v) is 11.3. The van der Waals surface area contributed by atoms with E-state index < -0.39 is 0 Å². The van der Waals surface area contributed by atoms with Crippen molar-refractivity contribution in [2.45, 2.75) is 49.8 Å². The molecule has 0 saturated heterocycles. The lowest BCUT2D eigenvalue weighted by Gasteiger charge is -2.09. The molecule has 0 N–H and O–H groups in total. The maximum absolute atomic E-state index is 12.2. The van der Waals surface area contributed by atoms with Crippen LogP contribution in [-0.4, -0.2) is 11.5 Å². The fourth-order valence-corrected chi connectivity index (χ4v) is 3.59. The number of hydrogen-bond acceptors (Lipinski definition) is 2. The number of ketones is 1. The largest absolute Gasteiger partial charge is 0.299 e. The van der Waals surface area contributed by atoms with Crippen molar-refractivity contribution in [3.63, 3.8) is 0 Å². The predicted octanol–water partition coefficient (Wildman–Crippen LogP) is 4.42. The van der Waals surface area contributed by atoms with Crippen molar-refractivity contribution in [1.82, 2.24) is 0 Å². The van der Waals surface area contributed by atoms with Crippen LogP contribution in [-0.2, 0) is 4.79 Å². The second kappa shape index (κ2) is 6.25. The first-order valence-corrected chi connectivity index (χ1v) is 7.56. The highest BCUT2D eigenvalue weighted by Gasteiger charge is 2.27. The molecule has 1 atom stereocenters. The molecular weight excluding hydrogens is 228 g/mol. The summed E-state index contributed by atoms with van der Waals surface area (Å²) in [6.45, 7) is 2.20. The van der Waals surface area contributed by atoms with Gasteiger partial charge in [0.1, 0.15) is 5.78 Å². The van der Waals surface area contributed by atoms with Gasteiger partial charge >= 0.3 is 0 Å². The molecule has 1 heterocycles. The molecule has 1 aromatic carbocycles. The molecule has 92 valence electrons. The number of carbonyl (C=O) groups is 1. The second-order valence-electron chi connectivity index (χ2n) is 4.68. The van der Waals surface area contributed by atoms with E-state index >= 15 is 0 Å². The summed E-state index contributed by atoms with van der Waals surface area (Å²) in [4.78, 5) is 13.5. The molecule has 0 radical (unpaired) electrons. The van der Waals surface area contributed by atoms with E-state index in [1.54, 1.807) is 0 Å². The minimum absolute atomic E-state index is 0.165. The van der Waals surface area contributed by atoms with Gasteiger partial charge in [0.05, 0.1) is 5.92 Å². The predicted molar refractivity (Wildman–Crippen MR) is 73.7 cm³/mol. The molecule has 0 saturated carbocycles. The number of benzene rings is 1. The Kier molecular flexibility index (Phi) is 4.66. The first-order chi connectivity index (χ1) is 8.33. The molecule has 1 aliphatic heterocycles. The lowest BCUT2D eigenvalue weighted by Crippen LogP contribution is -2.11. The van der Waals surface area contributed by atoms with Gasteiger partial charge in [-0.1, -0.05) is 44.4 Å². The first kappa shape index (κ1) is 12.7. The molecule has 1 unspecified atom stereocenters. The van der Waals surface area contributed by atoms with Gasteiger partial charge in [-0.05, 0) is 18.1 Å². The quantitative estimate of drug-likeness (QED) is 0.693. The molecule has 2 heteroatoms. The maximum atomic E-state index is 12.2. The Balaban J connectivity index is 1.89. The van der Waals surface area contributed by atoms with Gasteiger partial charge < -0.3 is 0 Å². The molecule has 1 nitrogen and oxygen atoms in total. The summed E-state index contributed by atoms with van der Waals surface area (Å²) in [5.41, 5.74) is 1.26. The summed E-state index contributed by atoms with van der Waals surface area (Å²) >= 11 is 1.83. The van der Waals surface area contributed by atoms with E-state index in [4.69, 9.17) is 0 Å². The Morgan fingerprint density at radius 3 is 2.94 bits per heavy atom. The van der Waals surface area contributed by atoms with Crippen molar-refractivity contribution in [2.24, 2.45) is 0 Å². The number of rotatable bonds is 6. The molecule has 17 heavy (non-hydrogen) atoms. The topological polar surface area (TPSA) is 17.1 Å². The van der Waals surface area contributed by atoms with Crippen molar-refractivity contribution in [2.75, 3.05) is 5.75 Å².